The zero-order valence-corrected chi connectivity index (χ0v) is 9.30. The van der Waals surface area contributed by atoms with Crippen molar-refractivity contribution in [1.29, 1.82) is 0 Å². The van der Waals surface area contributed by atoms with Gasteiger partial charge in [-0.1, -0.05) is 11.6 Å². The molecule has 86 valence electrons. The predicted octanol–water partition coefficient (Wildman–Crippen LogP) is 1.77. The van der Waals surface area contributed by atoms with Crippen molar-refractivity contribution in [2.45, 2.75) is 44.9 Å². The lowest BCUT2D eigenvalue weighted by Gasteiger charge is -2.05. The highest BCUT2D eigenvalue weighted by atomic mass is 16.2. The molecule has 0 radical (unpaired) electrons. The first-order chi connectivity index (χ1) is 7.33. The molecule has 1 aliphatic rings. The first-order valence-corrected chi connectivity index (χ1v) is 5.88. The second-order valence-electron chi connectivity index (χ2n) is 4.04. The van der Waals surface area contributed by atoms with Crippen LogP contribution in [0.1, 0.15) is 44.9 Å². The minimum atomic E-state index is 0.113. The fraction of sp³-hybridized carbons (Fsp3) is 0.750. The lowest BCUT2D eigenvalue weighted by molar-refractivity contribution is -0.121. The molecule has 2 N–H and O–H groups in total. The first kappa shape index (κ1) is 12.2. The van der Waals surface area contributed by atoms with Crippen molar-refractivity contribution in [3.63, 3.8) is 0 Å². The Hall–Kier alpha value is -0.830. The van der Waals surface area contributed by atoms with Crippen LogP contribution in [0.15, 0.2) is 11.6 Å². The normalized spacial score (nSPS) is 15.1. The molecule has 0 fully saturated rings. The maximum atomic E-state index is 11.3. The number of unbranched alkanes of at least 4 members (excludes halogenated alkanes) is 1. The molecule has 0 aromatic rings. The Labute approximate surface area is 91.6 Å². The third-order valence-corrected chi connectivity index (χ3v) is 2.72. The van der Waals surface area contributed by atoms with Gasteiger partial charge in [-0.2, -0.15) is 0 Å². The van der Waals surface area contributed by atoms with Crippen molar-refractivity contribution in [2.24, 2.45) is 0 Å². The lowest BCUT2D eigenvalue weighted by Crippen LogP contribution is -2.24. The Balaban J connectivity index is 1.96. The number of nitrogens with one attached hydrogen (secondary N) is 1. The molecule has 0 heterocycles. The summed E-state index contributed by atoms with van der Waals surface area (Å²) in [6, 6.07) is 0. The molecule has 0 aromatic heterocycles. The molecule has 0 aliphatic heterocycles. The van der Waals surface area contributed by atoms with E-state index >= 15 is 0 Å². The van der Waals surface area contributed by atoms with Gasteiger partial charge < -0.3 is 10.4 Å². The predicted molar refractivity (Wildman–Crippen MR) is 60.5 cm³/mol. The Morgan fingerprint density at radius 3 is 3.00 bits per heavy atom. The Morgan fingerprint density at radius 1 is 1.47 bits per heavy atom. The summed E-state index contributed by atoms with van der Waals surface area (Å²) in [5, 5.41) is 11.5. The van der Waals surface area contributed by atoms with E-state index in [4.69, 9.17) is 5.11 Å². The molecule has 0 spiro atoms. The monoisotopic (exact) mass is 211 g/mol. The summed E-state index contributed by atoms with van der Waals surface area (Å²) in [5.41, 5.74) is 1.49. The van der Waals surface area contributed by atoms with Gasteiger partial charge in [0.15, 0.2) is 0 Å². The molecule has 0 unspecified atom stereocenters. The van der Waals surface area contributed by atoms with Crippen LogP contribution in [0.2, 0.25) is 0 Å². The van der Waals surface area contributed by atoms with Crippen LogP contribution in [0.25, 0.3) is 0 Å². The topological polar surface area (TPSA) is 49.3 Å². The molecule has 0 saturated carbocycles. The summed E-state index contributed by atoms with van der Waals surface area (Å²) < 4.78 is 0. The van der Waals surface area contributed by atoms with Gasteiger partial charge in [0.2, 0.25) is 5.91 Å². The van der Waals surface area contributed by atoms with Gasteiger partial charge in [0, 0.05) is 19.6 Å². The van der Waals surface area contributed by atoms with Gasteiger partial charge in [-0.15, -0.1) is 0 Å². The van der Waals surface area contributed by atoms with Crippen LogP contribution < -0.4 is 5.32 Å². The van der Waals surface area contributed by atoms with Crippen LogP contribution in [0.4, 0.5) is 0 Å². The van der Waals surface area contributed by atoms with Gasteiger partial charge in [-0.3, -0.25) is 4.79 Å². The summed E-state index contributed by atoms with van der Waals surface area (Å²) in [7, 11) is 0. The molecule has 1 amide bonds. The van der Waals surface area contributed by atoms with Crippen molar-refractivity contribution in [3.8, 4) is 0 Å². The second kappa shape index (κ2) is 7.46. The van der Waals surface area contributed by atoms with E-state index in [1.807, 2.05) is 0 Å². The Morgan fingerprint density at radius 2 is 2.33 bits per heavy atom. The zero-order valence-electron chi connectivity index (χ0n) is 9.30. The van der Waals surface area contributed by atoms with Gasteiger partial charge in [0.25, 0.3) is 0 Å². The maximum Gasteiger partial charge on any atom is 0.220 e. The lowest BCUT2D eigenvalue weighted by atomic mass is 10.1. The summed E-state index contributed by atoms with van der Waals surface area (Å²) in [4.78, 5) is 11.3. The van der Waals surface area contributed by atoms with E-state index in [1.54, 1.807) is 0 Å². The number of aliphatic hydroxyl groups excluding tert-OH is 1. The zero-order chi connectivity index (χ0) is 10.9. The average molecular weight is 211 g/mol. The van der Waals surface area contributed by atoms with Crippen molar-refractivity contribution >= 4 is 5.91 Å². The van der Waals surface area contributed by atoms with E-state index in [-0.39, 0.29) is 12.5 Å². The van der Waals surface area contributed by atoms with E-state index in [0.29, 0.717) is 6.42 Å². The molecule has 1 aliphatic carbocycles. The SMILES string of the molecule is O=C(CCCCO)NCCC1=CCCC1. The molecule has 0 aromatic carbocycles. The molecule has 0 saturated heterocycles. The van der Waals surface area contributed by atoms with Crippen LogP contribution in [0.3, 0.4) is 0 Å². The molecular formula is C12H21NO2. The Bertz CT molecular complexity index is 224. The molecular weight excluding hydrogens is 190 g/mol. The molecule has 0 atom stereocenters. The molecule has 3 nitrogen and oxygen atoms in total. The van der Waals surface area contributed by atoms with Crippen molar-refractivity contribution in [3.05, 3.63) is 11.6 Å². The number of rotatable bonds is 7. The quantitative estimate of drug-likeness (QED) is 0.498. The fourth-order valence-electron chi connectivity index (χ4n) is 1.81. The standard InChI is InChI=1S/C12H21NO2/c14-10-4-3-7-12(15)13-9-8-11-5-1-2-6-11/h5,14H,1-4,6-10H2,(H,13,15). The van der Waals surface area contributed by atoms with Crippen LogP contribution in [-0.4, -0.2) is 24.2 Å². The summed E-state index contributed by atoms with van der Waals surface area (Å²) in [6.07, 6.45) is 9.03. The third-order valence-electron chi connectivity index (χ3n) is 2.72. The van der Waals surface area contributed by atoms with Gasteiger partial charge in [-0.25, -0.2) is 0 Å². The minimum Gasteiger partial charge on any atom is -0.396 e. The van der Waals surface area contributed by atoms with Crippen molar-refractivity contribution in [2.75, 3.05) is 13.2 Å². The molecule has 1 rings (SSSR count). The number of amides is 1. The first-order valence-electron chi connectivity index (χ1n) is 5.88. The highest BCUT2D eigenvalue weighted by Crippen LogP contribution is 2.19. The highest BCUT2D eigenvalue weighted by Gasteiger charge is 2.05. The summed E-state index contributed by atoms with van der Waals surface area (Å²) in [5.74, 6) is 0.113. The minimum absolute atomic E-state index is 0.113. The largest absolute Gasteiger partial charge is 0.396 e. The number of allylic oxidation sites excluding steroid dienone is 1. The van der Waals surface area contributed by atoms with E-state index in [2.05, 4.69) is 11.4 Å². The fourth-order valence-corrected chi connectivity index (χ4v) is 1.81. The van der Waals surface area contributed by atoms with Crippen LogP contribution in [-0.2, 0) is 4.79 Å². The number of hydrogen-bond acceptors (Lipinski definition) is 2. The van der Waals surface area contributed by atoms with Gasteiger partial charge in [0.05, 0.1) is 0 Å². The smallest absolute Gasteiger partial charge is 0.220 e. The van der Waals surface area contributed by atoms with Crippen molar-refractivity contribution < 1.29 is 9.90 Å². The van der Waals surface area contributed by atoms with E-state index < -0.39 is 0 Å². The van der Waals surface area contributed by atoms with Gasteiger partial charge in [0.1, 0.15) is 0 Å². The number of carbonyl (C=O) groups excluding carboxylic acids is 1. The third kappa shape index (κ3) is 5.57. The highest BCUT2D eigenvalue weighted by molar-refractivity contribution is 5.75. The maximum absolute atomic E-state index is 11.3. The Kier molecular flexibility index (Phi) is 6.09. The summed E-state index contributed by atoms with van der Waals surface area (Å²) in [6.45, 7) is 0.948. The second-order valence-corrected chi connectivity index (χ2v) is 4.04. The van der Waals surface area contributed by atoms with Crippen LogP contribution in [0, 0.1) is 0 Å². The van der Waals surface area contributed by atoms with E-state index in [1.165, 1.54) is 24.8 Å². The van der Waals surface area contributed by atoms with Crippen LogP contribution in [0.5, 0.6) is 0 Å². The molecule has 3 heteroatoms. The van der Waals surface area contributed by atoms with E-state index in [0.717, 1.165) is 25.8 Å². The number of hydrogen-bond donors (Lipinski definition) is 2. The summed E-state index contributed by atoms with van der Waals surface area (Å²) >= 11 is 0. The van der Waals surface area contributed by atoms with Crippen molar-refractivity contribution in [1.82, 2.24) is 5.32 Å². The number of aliphatic hydroxyl groups is 1. The van der Waals surface area contributed by atoms with Crippen LogP contribution >= 0.6 is 0 Å². The molecule has 0 bridgehead atoms. The average Bonchev–Trinajstić information content (AvgIpc) is 2.71. The van der Waals surface area contributed by atoms with Gasteiger partial charge in [-0.05, 0) is 38.5 Å². The molecule has 15 heavy (non-hydrogen) atoms. The van der Waals surface area contributed by atoms with E-state index in [9.17, 15) is 4.79 Å². The van der Waals surface area contributed by atoms with Gasteiger partial charge >= 0.3 is 0 Å². The number of carbonyl (C=O) groups is 1.